The zero-order chi connectivity index (χ0) is 24.5. The van der Waals surface area contributed by atoms with Crippen LogP contribution in [0.2, 0.25) is 0 Å². The zero-order valence-electron chi connectivity index (χ0n) is 19.1. The van der Waals surface area contributed by atoms with Gasteiger partial charge in [-0.2, -0.15) is 0 Å². The number of carbonyl (C=O) groups excluding carboxylic acids is 3. The molecule has 34 heavy (non-hydrogen) atoms. The Kier molecular flexibility index (Phi) is 9.09. The number of hydrogen-bond acceptors (Lipinski definition) is 4. The number of nitrogens with zero attached hydrogens (tertiary/aromatic N) is 1. The number of hydrogen-bond donors (Lipinski definition) is 2. The molecule has 7 nitrogen and oxygen atoms in total. The van der Waals surface area contributed by atoms with Crippen LogP contribution < -0.4 is 10.6 Å². The third-order valence-electron chi connectivity index (χ3n) is 5.88. The molecule has 0 radical (unpaired) electrons. The van der Waals surface area contributed by atoms with Crippen molar-refractivity contribution in [2.75, 3.05) is 33.4 Å². The van der Waals surface area contributed by atoms with Crippen LogP contribution in [0.3, 0.4) is 0 Å². The van der Waals surface area contributed by atoms with Gasteiger partial charge in [0.1, 0.15) is 17.7 Å². The number of rotatable bonds is 9. The van der Waals surface area contributed by atoms with E-state index < -0.39 is 23.6 Å². The molecule has 0 saturated carbocycles. The van der Waals surface area contributed by atoms with Crippen molar-refractivity contribution < 1.29 is 27.9 Å². The Morgan fingerprint density at radius 2 is 1.82 bits per heavy atom. The Labute approximate surface area is 197 Å². The van der Waals surface area contributed by atoms with E-state index in [1.54, 1.807) is 24.1 Å². The lowest BCUT2D eigenvalue weighted by atomic mass is 9.88. The first-order valence-electron chi connectivity index (χ1n) is 11.3. The quantitative estimate of drug-likeness (QED) is 0.549. The molecule has 1 heterocycles. The van der Waals surface area contributed by atoms with Crippen LogP contribution >= 0.6 is 0 Å². The normalized spacial score (nSPS) is 15.0. The van der Waals surface area contributed by atoms with E-state index in [4.69, 9.17) is 4.74 Å². The SMILES string of the molecule is COCCCNC(=O)[C@@H](NC(=O)c1ccccc1F)C1CCN(C(=O)c2cccc(F)c2)CC1. The van der Waals surface area contributed by atoms with Crippen molar-refractivity contribution in [1.29, 1.82) is 0 Å². The smallest absolute Gasteiger partial charge is 0.254 e. The maximum absolute atomic E-state index is 14.1. The molecule has 0 bridgehead atoms. The van der Waals surface area contributed by atoms with Gasteiger partial charge < -0.3 is 20.3 Å². The Morgan fingerprint density at radius 3 is 2.50 bits per heavy atom. The molecule has 1 saturated heterocycles. The van der Waals surface area contributed by atoms with Crippen molar-refractivity contribution >= 4 is 17.7 Å². The van der Waals surface area contributed by atoms with Crippen molar-refractivity contribution in [2.24, 2.45) is 5.92 Å². The minimum atomic E-state index is -0.888. The summed E-state index contributed by atoms with van der Waals surface area (Å²) in [5.74, 6) is -2.73. The highest BCUT2D eigenvalue weighted by Gasteiger charge is 2.34. The van der Waals surface area contributed by atoms with Crippen LogP contribution in [0.1, 0.15) is 40.0 Å². The van der Waals surface area contributed by atoms with Gasteiger partial charge in [-0.25, -0.2) is 8.78 Å². The van der Waals surface area contributed by atoms with Crippen molar-refractivity contribution in [3.63, 3.8) is 0 Å². The van der Waals surface area contributed by atoms with Gasteiger partial charge in [0.15, 0.2) is 0 Å². The second-order valence-electron chi connectivity index (χ2n) is 8.21. The van der Waals surface area contributed by atoms with Gasteiger partial charge >= 0.3 is 0 Å². The first-order chi connectivity index (χ1) is 16.4. The van der Waals surface area contributed by atoms with Crippen LogP contribution in [0.5, 0.6) is 0 Å². The number of amides is 3. The summed E-state index contributed by atoms with van der Waals surface area (Å²) in [6.07, 6.45) is 1.51. The number of ether oxygens (including phenoxy) is 1. The van der Waals surface area contributed by atoms with Crippen LogP contribution in [-0.4, -0.2) is 62.0 Å². The summed E-state index contributed by atoms with van der Waals surface area (Å²) >= 11 is 0. The van der Waals surface area contributed by atoms with E-state index in [0.717, 1.165) is 0 Å². The fraction of sp³-hybridized carbons (Fsp3) is 0.400. The van der Waals surface area contributed by atoms with Gasteiger partial charge in [0.25, 0.3) is 11.8 Å². The highest BCUT2D eigenvalue weighted by molar-refractivity contribution is 5.98. The highest BCUT2D eigenvalue weighted by Crippen LogP contribution is 2.23. The molecule has 1 aliphatic rings. The number of piperidine rings is 1. The number of nitrogens with one attached hydrogen (secondary N) is 2. The number of benzene rings is 2. The van der Waals surface area contributed by atoms with Gasteiger partial charge in [0.2, 0.25) is 5.91 Å². The van der Waals surface area contributed by atoms with E-state index in [-0.39, 0.29) is 28.9 Å². The van der Waals surface area contributed by atoms with Crippen LogP contribution in [0.25, 0.3) is 0 Å². The second kappa shape index (κ2) is 12.2. The van der Waals surface area contributed by atoms with Crippen LogP contribution in [0.4, 0.5) is 8.78 Å². The number of carbonyl (C=O) groups is 3. The minimum absolute atomic E-state index is 0.140. The first-order valence-corrected chi connectivity index (χ1v) is 11.3. The van der Waals surface area contributed by atoms with Crippen LogP contribution in [-0.2, 0) is 9.53 Å². The molecule has 0 unspecified atom stereocenters. The zero-order valence-corrected chi connectivity index (χ0v) is 19.1. The van der Waals surface area contributed by atoms with E-state index in [0.29, 0.717) is 45.5 Å². The van der Waals surface area contributed by atoms with Gasteiger partial charge in [-0.05, 0) is 55.5 Å². The van der Waals surface area contributed by atoms with Crippen molar-refractivity contribution in [2.45, 2.75) is 25.3 Å². The predicted octanol–water partition coefficient (Wildman–Crippen LogP) is 2.77. The second-order valence-corrected chi connectivity index (χ2v) is 8.21. The van der Waals surface area contributed by atoms with Gasteiger partial charge in [-0.15, -0.1) is 0 Å². The molecule has 1 fully saturated rings. The molecule has 3 amide bonds. The minimum Gasteiger partial charge on any atom is -0.385 e. The largest absolute Gasteiger partial charge is 0.385 e. The third kappa shape index (κ3) is 6.60. The molecule has 182 valence electrons. The standard InChI is InChI=1S/C25H29F2N3O4/c1-34-15-5-12-28-24(32)22(29-23(31)20-8-2-3-9-21(20)27)17-10-13-30(14-11-17)25(33)18-6-4-7-19(26)16-18/h2-4,6-9,16-17,22H,5,10-15H2,1H3,(H,28,32)(H,29,31)/t22-/m0/s1. The van der Waals surface area contributed by atoms with Gasteiger partial charge in [0, 0.05) is 38.9 Å². The predicted molar refractivity (Wildman–Crippen MR) is 122 cm³/mol. The summed E-state index contributed by atoms with van der Waals surface area (Å²) < 4.78 is 32.6. The average Bonchev–Trinajstić information content (AvgIpc) is 2.85. The monoisotopic (exact) mass is 473 g/mol. The first kappa shape index (κ1) is 25.3. The van der Waals surface area contributed by atoms with E-state index >= 15 is 0 Å². The molecule has 1 aliphatic heterocycles. The fourth-order valence-electron chi connectivity index (χ4n) is 4.04. The molecular weight excluding hydrogens is 444 g/mol. The number of likely N-dealkylation sites (tertiary alicyclic amines) is 1. The average molecular weight is 474 g/mol. The molecule has 0 aliphatic carbocycles. The summed E-state index contributed by atoms with van der Waals surface area (Å²) in [5.41, 5.74) is 0.122. The number of methoxy groups -OCH3 is 1. The lowest BCUT2D eigenvalue weighted by Crippen LogP contribution is -2.54. The van der Waals surface area contributed by atoms with E-state index in [9.17, 15) is 23.2 Å². The topological polar surface area (TPSA) is 87.7 Å². The summed E-state index contributed by atoms with van der Waals surface area (Å²) in [4.78, 5) is 40.0. The van der Waals surface area contributed by atoms with E-state index in [1.807, 2.05) is 0 Å². The maximum Gasteiger partial charge on any atom is 0.254 e. The summed E-state index contributed by atoms with van der Waals surface area (Å²) in [7, 11) is 1.57. The Balaban J connectivity index is 1.68. The van der Waals surface area contributed by atoms with E-state index in [2.05, 4.69) is 10.6 Å². The summed E-state index contributed by atoms with van der Waals surface area (Å²) in [6, 6.07) is 10.2. The Hall–Kier alpha value is -3.33. The van der Waals surface area contributed by atoms with Crippen LogP contribution in [0, 0.1) is 17.6 Å². The molecule has 1 atom stereocenters. The summed E-state index contributed by atoms with van der Waals surface area (Å²) in [5, 5.41) is 5.50. The molecule has 2 aromatic carbocycles. The Bertz CT molecular complexity index is 1010. The van der Waals surface area contributed by atoms with Crippen molar-refractivity contribution in [1.82, 2.24) is 15.5 Å². The van der Waals surface area contributed by atoms with Gasteiger partial charge in [-0.3, -0.25) is 14.4 Å². The molecular formula is C25H29F2N3O4. The van der Waals surface area contributed by atoms with Crippen molar-refractivity contribution in [3.05, 3.63) is 71.3 Å². The fourth-order valence-corrected chi connectivity index (χ4v) is 4.04. The van der Waals surface area contributed by atoms with Gasteiger partial charge in [-0.1, -0.05) is 18.2 Å². The van der Waals surface area contributed by atoms with Gasteiger partial charge in [0.05, 0.1) is 5.56 Å². The molecule has 9 heteroatoms. The summed E-state index contributed by atoms with van der Waals surface area (Å²) in [6.45, 7) is 1.55. The Morgan fingerprint density at radius 1 is 1.09 bits per heavy atom. The van der Waals surface area contributed by atoms with Crippen LogP contribution in [0.15, 0.2) is 48.5 Å². The van der Waals surface area contributed by atoms with E-state index in [1.165, 1.54) is 36.4 Å². The molecule has 0 spiro atoms. The molecule has 2 aromatic rings. The lowest BCUT2D eigenvalue weighted by molar-refractivity contribution is -0.124. The molecule has 3 rings (SSSR count). The van der Waals surface area contributed by atoms with Crippen molar-refractivity contribution in [3.8, 4) is 0 Å². The number of halogens is 2. The highest BCUT2D eigenvalue weighted by atomic mass is 19.1. The molecule has 2 N–H and O–H groups in total. The molecule has 0 aromatic heterocycles. The maximum atomic E-state index is 14.1. The third-order valence-corrected chi connectivity index (χ3v) is 5.88. The lowest BCUT2D eigenvalue weighted by Gasteiger charge is -2.36.